The van der Waals surface area contributed by atoms with Crippen LogP contribution in [-0.2, 0) is 4.79 Å². The van der Waals surface area contributed by atoms with Gasteiger partial charge in [0.1, 0.15) is 4.49 Å². The van der Waals surface area contributed by atoms with Crippen molar-refractivity contribution in [3.63, 3.8) is 0 Å². The van der Waals surface area contributed by atoms with Gasteiger partial charge in [0, 0.05) is 6.54 Å². The first-order valence-corrected chi connectivity index (χ1v) is 5.94. The lowest BCUT2D eigenvalue weighted by atomic mass is 10.0. The fourth-order valence-electron chi connectivity index (χ4n) is 0.950. The standard InChI is InChI=1S/C10H11Cl4NO/c1-4-10(2,3)15(6-5-7(11)12)9(16)8(13)14/h1,5,8H,6H2,2-3H3. The summed E-state index contributed by atoms with van der Waals surface area (Å²) < 4.78 is 0.0475. The summed E-state index contributed by atoms with van der Waals surface area (Å²) in [7, 11) is 0. The molecule has 0 atom stereocenters. The maximum Gasteiger partial charge on any atom is 0.257 e. The van der Waals surface area contributed by atoms with E-state index >= 15 is 0 Å². The first-order valence-electron chi connectivity index (χ1n) is 4.31. The lowest BCUT2D eigenvalue weighted by Crippen LogP contribution is -2.49. The highest BCUT2D eigenvalue weighted by atomic mass is 35.5. The molecule has 0 aromatic heterocycles. The summed E-state index contributed by atoms with van der Waals surface area (Å²) in [5, 5.41) is 0. The second kappa shape index (κ2) is 6.61. The Bertz CT molecular complexity index is 326. The van der Waals surface area contributed by atoms with Gasteiger partial charge in [-0.05, 0) is 19.9 Å². The summed E-state index contributed by atoms with van der Waals surface area (Å²) in [6, 6.07) is 0. The Hall–Kier alpha value is -0.0700. The zero-order chi connectivity index (χ0) is 12.9. The largest absolute Gasteiger partial charge is 0.321 e. The Labute approximate surface area is 115 Å². The minimum Gasteiger partial charge on any atom is -0.321 e. The van der Waals surface area contributed by atoms with Crippen LogP contribution in [0.4, 0.5) is 0 Å². The maximum atomic E-state index is 11.7. The number of nitrogens with zero attached hydrogens (tertiary/aromatic N) is 1. The molecule has 90 valence electrons. The number of carbonyl (C=O) groups excluding carboxylic acids is 1. The lowest BCUT2D eigenvalue weighted by Gasteiger charge is -2.34. The number of terminal acetylenes is 1. The number of hydrogen-bond donors (Lipinski definition) is 0. The third-order valence-corrected chi connectivity index (χ3v) is 2.59. The van der Waals surface area contributed by atoms with E-state index in [0.29, 0.717) is 0 Å². The van der Waals surface area contributed by atoms with Gasteiger partial charge in [-0.25, -0.2) is 0 Å². The van der Waals surface area contributed by atoms with Crippen molar-refractivity contribution in [2.24, 2.45) is 0 Å². The van der Waals surface area contributed by atoms with Gasteiger partial charge in [-0.1, -0.05) is 52.3 Å². The van der Waals surface area contributed by atoms with Gasteiger partial charge < -0.3 is 4.90 Å². The maximum absolute atomic E-state index is 11.7. The highest BCUT2D eigenvalue weighted by Gasteiger charge is 2.31. The van der Waals surface area contributed by atoms with Crippen molar-refractivity contribution >= 4 is 52.3 Å². The molecule has 0 aliphatic carbocycles. The van der Waals surface area contributed by atoms with Crippen LogP contribution in [0.3, 0.4) is 0 Å². The molecule has 0 bridgehead atoms. The number of hydrogen-bond acceptors (Lipinski definition) is 1. The Balaban J connectivity index is 5.01. The summed E-state index contributed by atoms with van der Waals surface area (Å²) in [5.41, 5.74) is -0.821. The minimum atomic E-state index is -1.17. The molecule has 1 amide bonds. The topological polar surface area (TPSA) is 20.3 Å². The molecule has 6 heteroatoms. The van der Waals surface area contributed by atoms with Crippen molar-refractivity contribution < 1.29 is 4.79 Å². The van der Waals surface area contributed by atoms with E-state index < -0.39 is 16.3 Å². The minimum absolute atomic E-state index is 0.0475. The van der Waals surface area contributed by atoms with Gasteiger partial charge >= 0.3 is 0 Å². The first kappa shape index (κ1) is 15.9. The van der Waals surface area contributed by atoms with Crippen LogP contribution in [-0.4, -0.2) is 27.7 Å². The van der Waals surface area contributed by atoms with Crippen molar-refractivity contribution in [3.05, 3.63) is 10.6 Å². The summed E-state index contributed by atoms with van der Waals surface area (Å²) in [6.45, 7) is 3.53. The van der Waals surface area contributed by atoms with Gasteiger partial charge in [-0.3, -0.25) is 4.79 Å². The molecule has 0 fully saturated rings. The molecule has 0 aliphatic heterocycles. The lowest BCUT2D eigenvalue weighted by molar-refractivity contribution is -0.132. The van der Waals surface area contributed by atoms with Gasteiger partial charge in [-0.2, -0.15) is 0 Å². The van der Waals surface area contributed by atoms with Gasteiger partial charge in [-0.15, -0.1) is 6.42 Å². The summed E-state index contributed by atoms with van der Waals surface area (Å²) in [6.07, 6.45) is 6.78. The molecule has 0 radical (unpaired) electrons. The third-order valence-electron chi connectivity index (χ3n) is 1.91. The number of amides is 1. The molecule has 0 aromatic rings. The van der Waals surface area contributed by atoms with Crippen LogP contribution in [0.5, 0.6) is 0 Å². The Morgan fingerprint density at radius 1 is 1.50 bits per heavy atom. The van der Waals surface area contributed by atoms with Crippen molar-refractivity contribution in [1.82, 2.24) is 4.90 Å². The fourth-order valence-corrected chi connectivity index (χ4v) is 1.32. The molecule has 2 nitrogen and oxygen atoms in total. The van der Waals surface area contributed by atoms with Crippen LogP contribution in [0.25, 0.3) is 0 Å². The quantitative estimate of drug-likeness (QED) is 0.576. The van der Waals surface area contributed by atoms with E-state index in [9.17, 15) is 4.79 Å². The molecule has 0 saturated carbocycles. The Kier molecular flexibility index (Phi) is 6.58. The van der Waals surface area contributed by atoms with Gasteiger partial charge in [0.25, 0.3) is 5.91 Å². The monoisotopic (exact) mass is 301 g/mol. The highest BCUT2D eigenvalue weighted by Crippen LogP contribution is 2.19. The van der Waals surface area contributed by atoms with Crippen LogP contribution < -0.4 is 0 Å². The van der Waals surface area contributed by atoms with E-state index in [1.165, 1.54) is 11.0 Å². The Morgan fingerprint density at radius 2 is 2.00 bits per heavy atom. The molecule has 0 aromatic carbocycles. The molecule has 0 unspecified atom stereocenters. The van der Waals surface area contributed by atoms with Crippen LogP contribution in [0.2, 0.25) is 0 Å². The molecular weight excluding hydrogens is 292 g/mol. The van der Waals surface area contributed by atoms with Crippen molar-refractivity contribution in [1.29, 1.82) is 0 Å². The average Bonchev–Trinajstić information content (AvgIpc) is 2.16. The number of alkyl halides is 2. The second-order valence-electron chi connectivity index (χ2n) is 3.45. The van der Waals surface area contributed by atoms with E-state index in [0.717, 1.165) is 0 Å². The smallest absolute Gasteiger partial charge is 0.257 e. The molecule has 0 heterocycles. The van der Waals surface area contributed by atoms with Gasteiger partial charge in [0.2, 0.25) is 0 Å². The molecule has 0 spiro atoms. The van der Waals surface area contributed by atoms with Gasteiger partial charge in [0.05, 0.1) is 5.54 Å². The molecule has 0 N–H and O–H groups in total. The SMILES string of the molecule is C#CC(C)(C)N(CC=C(Cl)Cl)C(=O)C(Cl)Cl. The molecule has 0 rings (SSSR count). The van der Waals surface area contributed by atoms with Crippen molar-refractivity contribution in [3.8, 4) is 12.3 Å². The number of carbonyl (C=O) groups is 1. The molecule has 0 aliphatic rings. The van der Waals surface area contributed by atoms with Crippen LogP contribution in [0.15, 0.2) is 10.6 Å². The normalized spacial score (nSPS) is 10.9. The molecule has 16 heavy (non-hydrogen) atoms. The highest BCUT2D eigenvalue weighted by molar-refractivity contribution is 6.56. The van der Waals surface area contributed by atoms with Crippen molar-refractivity contribution in [2.45, 2.75) is 24.2 Å². The molecular formula is C10H11Cl4NO. The average molecular weight is 303 g/mol. The Morgan fingerprint density at radius 3 is 2.31 bits per heavy atom. The summed E-state index contributed by atoms with van der Waals surface area (Å²) >= 11 is 22.0. The number of rotatable bonds is 4. The van der Waals surface area contributed by atoms with Crippen LogP contribution in [0.1, 0.15) is 13.8 Å². The third kappa shape index (κ3) is 4.84. The fraction of sp³-hybridized carbons (Fsp3) is 0.500. The van der Waals surface area contributed by atoms with E-state index in [2.05, 4.69) is 5.92 Å². The zero-order valence-electron chi connectivity index (χ0n) is 8.81. The summed E-state index contributed by atoms with van der Waals surface area (Å²) in [5.74, 6) is 1.98. The van der Waals surface area contributed by atoms with Gasteiger partial charge in [0.15, 0.2) is 4.84 Å². The number of halogens is 4. The second-order valence-corrected chi connectivity index (χ2v) is 5.55. The van der Waals surface area contributed by atoms with Crippen LogP contribution >= 0.6 is 46.4 Å². The zero-order valence-corrected chi connectivity index (χ0v) is 11.8. The van der Waals surface area contributed by atoms with Crippen molar-refractivity contribution in [2.75, 3.05) is 6.54 Å². The predicted octanol–water partition coefficient (Wildman–Crippen LogP) is 3.35. The van der Waals surface area contributed by atoms with E-state index in [1.807, 2.05) is 0 Å². The summed E-state index contributed by atoms with van der Waals surface area (Å²) in [4.78, 5) is 11.9. The van der Waals surface area contributed by atoms with Crippen LogP contribution in [0, 0.1) is 12.3 Å². The van der Waals surface area contributed by atoms with E-state index in [1.54, 1.807) is 13.8 Å². The molecule has 0 saturated heterocycles. The van der Waals surface area contributed by atoms with E-state index in [-0.39, 0.29) is 11.0 Å². The predicted molar refractivity (Wildman–Crippen MR) is 69.9 cm³/mol. The van der Waals surface area contributed by atoms with E-state index in [4.69, 9.17) is 52.8 Å². The first-order chi connectivity index (χ1) is 7.22.